The zero-order valence-corrected chi connectivity index (χ0v) is 19.4. The predicted molar refractivity (Wildman–Crippen MR) is 130 cm³/mol. The number of hydrogen-bond donors (Lipinski definition) is 3. The molecule has 0 radical (unpaired) electrons. The molecule has 0 bridgehead atoms. The number of phenolic OH excluding ortho intramolecular Hbond substituents is 2. The Morgan fingerprint density at radius 3 is 2.59 bits per heavy atom. The van der Waals surface area contributed by atoms with Crippen LogP contribution in [0.2, 0.25) is 0 Å². The van der Waals surface area contributed by atoms with Crippen molar-refractivity contribution in [1.29, 1.82) is 0 Å². The standard InChI is InChI=1S/C22H22IN3O2S/c1-11-12(2)25(3)18-7-6-14(8-15(11)18)26-21(23-24-22(26)29)17-9-16(13-4-5-13)19(27)10-20(17)28/h6-10,13,27-28H,4-5H2,1-3H3,(H,24,29). The van der Waals surface area contributed by atoms with Crippen LogP contribution in [0.1, 0.15) is 41.1 Å². The zero-order valence-electron chi connectivity index (χ0n) is 16.5. The highest BCUT2D eigenvalue weighted by molar-refractivity contribution is 14.2. The predicted octanol–water partition coefficient (Wildman–Crippen LogP) is 4.84. The first-order valence-corrected chi connectivity index (χ1v) is 12.2. The number of hydrogen-bond acceptors (Lipinski definition) is 3. The number of aromatic hydroxyl groups is 2. The van der Waals surface area contributed by atoms with Crippen molar-refractivity contribution in [2.75, 3.05) is 4.90 Å². The van der Waals surface area contributed by atoms with Crippen LogP contribution in [0.3, 0.4) is 0 Å². The third kappa shape index (κ3) is 2.93. The molecule has 3 N–H and O–H groups in total. The van der Waals surface area contributed by atoms with Gasteiger partial charge < -0.3 is 18.3 Å². The van der Waals surface area contributed by atoms with Gasteiger partial charge in [-0.15, -0.1) is 0 Å². The molecule has 3 aromatic rings. The van der Waals surface area contributed by atoms with Gasteiger partial charge in [-0.25, -0.2) is 0 Å². The third-order valence-electron chi connectivity index (χ3n) is 6.05. The summed E-state index contributed by atoms with van der Waals surface area (Å²) in [4.78, 5) is 2.05. The average molecular weight is 519 g/mol. The molecular weight excluding hydrogens is 497 g/mol. The summed E-state index contributed by atoms with van der Waals surface area (Å²) in [6.45, 7) is 4.28. The summed E-state index contributed by atoms with van der Waals surface area (Å²) in [6.07, 6.45) is 2.18. The quantitative estimate of drug-likeness (QED) is 0.263. The van der Waals surface area contributed by atoms with Crippen molar-refractivity contribution in [3.63, 3.8) is 0 Å². The van der Waals surface area contributed by atoms with Crippen LogP contribution in [0, 0.1) is 13.8 Å². The molecule has 7 heteroatoms. The molecule has 1 aromatic heterocycles. The van der Waals surface area contributed by atoms with E-state index < -0.39 is 21.0 Å². The van der Waals surface area contributed by atoms with E-state index in [0.29, 0.717) is 11.0 Å². The van der Waals surface area contributed by atoms with Crippen LogP contribution in [0.25, 0.3) is 10.9 Å². The summed E-state index contributed by atoms with van der Waals surface area (Å²) < 4.78 is 6.57. The second kappa shape index (κ2) is 6.70. The monoisotopic (exact) mass is 519 g/mol. The Labute approximate surface area is 185 Å². The molecule has 1 aliphatic carbocycles. The zero-order chi connectivity index (χ0) is 20.4. The van der Waals surface area contributed by atoms with Gasteiger partial charge in [0.15, 0.2) is 5.11 Å². The van der Waals surface area contributed by atoms with E-state index in [1.165, 1.54) is 28.2 Å². The van der Waals surface area contributed by atoms with Gasteiger partial charge in [0.2, 0.25) is 0 Å². The van der Waals surface area contributed by atoms with E-state index in [0.717, 1.165) is 33.3 Å². The summed E-state index contributed by atoms with van der Waals surface area (Å²) in [5.41, 5.74) is 6.41. The minimum atomic E-state index is -0.596. The summed E-state index contributed by atoms with van der Waals surface area (Å²) in [7, 11) is 2.09. The minimum Gasteiger partial charge on any atom is -0.508 e. The molecule has 5 rings (SSSR count). The van der Waals surface area contributed by atoms with E-state index in [1.807, 2.05) is 11.0 Å². The molecule has 2 aliphatic rings. The Kier molecular flexibility index (Phi) is 4.36. The fraction of sp³-hybridized carbons (Fsp3) is 0.273. The van der Waals surface area contributed by atoms with Gasteiger partial charge in [0.05, 0.1) is 0 Å². The Bertz CT molecular complexity index is 1230. The first kappa shape index (κ1) is 18.9. The Hall–Kier alpha value is -2.13. The smallest absolute Gasteiger partial charge is 0.187 e. The summed E-state index contributed by atoms with van der Waals surface area (Å²) in [5.74, 6) is 0.685. The normalized spacial score (nSPS) is 16.7. The molecule has 2 heterocycles. The molecule has 1 saturated carbocycles. The number of anilines is 1. The largest absolute Gasteiger partial charge is 0.508 e. The molecule has 5 nitrogen and oxygen atoms in total. The van der Waals surface area contributed by atoms with Crippen LogP contribution in [-0.2, 0) is 7.05 Å². The van der Waals surface area contributed by atoms with Crippen molar-refractivity contribution in [2.45, 2.75) is 32.6 Å². The van der Waals surface area contributed by atoms with Crippen molar-refractivity contribution in [1.82, 2.24) is 8.10 Å². The number of aryl methyl sites for hydroxylation is 2. The van der Waals surface area contributed by atoms with E-state index in [1.54, 1.807) is 0 Å². The van der Waals surface area contributed by atoms with E-state index in [2.05, 4.69) is 47.2 Å². The highest BCUT2D eigenvalue weighted by Gasteiger charge is 2.31. The van der Waals surface area contributed by atoms with E-state index in [-0.39, 0.29) is 11.5 Å². The minimum absolute atomic E-state index is 0.103. The second-order valence-corrected chi connectivity index (χ2v) is 10.3. The lowest BCUT2D eigenvalue weighted by Crippen LogP contribution is -2.34. The molecule has 0 unspecified atom stereocenters. The molecule has 0 atom stereocenters. The number of rotatable bonds is 3. The van der Waals surface area contributed by atoms with Crippen molar-refractivity contribution in [2.24, 2.45) is 7.05 Å². The Morgan fingerprint density at radius 2 is 1.86 bits per heavy atom. The third-order valence-corrected chi connectivity index (χ3v) is 9.06. The Morgan fingerprint density at radius 1 is 1.10 bits per heavy atom. The van der Waals surface area contributed by atoms with E-state index in [4.69, 9.17) is 12.2 Å². The fourth-order valence-electron chi connectivity index (χ4n) is 4.02. The summed E-state index contributed by atoms with van der Waals surface area (Å²) in [6, 6.07) is 9.83. The van der Waals surface area contributed by atoms with Crippen LogP contribution >= 0.6 is 33.2 Å². The second-order valence-electron chi connectivity index (χ2n) is 7.79. The maximum Gasteiger partial charge on any atom is 0.187 e. The van der Waals surface area contributed by atoms with Crippen molar-refractivity contribution in [3.05, 3.63) is 52.7 Å². The summed E-state index contributed by atoms with van der Waals surface area (Å²) >= 11 is 5.04. The van der Waals surface area contributed by atoms with E-state index in [9.17, 15) is 10.2 Å². The molecule has 1 aliphatic heterocycles. The van der Waals surface area contributed by atoms with Crippen molar-refractivity contribution < 1.29 is 10.2 Å². The molecule has 2 aromatic carbocycles. The van der Waals surface area contributed by atoms with Crippen molar-refractivity contribution in [3.8, 4) is 11.5 Å². The topological polar surface area (TPSA) is 60.7 Å². The van der Waals surface area contributed by atoms with Crippen LogP contribution in [0.4, 0.5) is 5.69 Å². The summed E-state index contributed by atoms with van der Waals surface area (Å²) in [5, 5.41) is 22.8. The lowest BCUT2D eigenvalue weighted by Gasteiger charge is -2.22. The van der Waals surface area contributed by atoms with Crippen LogP contribution in [0.15, 0.2) is 30.3 Å². The highest BCUT2D eigenvalue weighted by Crippen LogP contribution is 2.46. The maximum absolute atomic E-state index is 10.6. The van der Waals surface area contributed by atoms with Crippen LogP contribution in [-0.4, -0.2) is 23.5 Å². The molecule has 150 valence electrons. The van der Waals surface area contributed by atoms with Gasteiger partial charge in [0, 0.05) is 62.0 Å². The van der Waals surface area contributed by atoms with Gasteiger partial charge in [-0.3, -0.25) is 4.90 Å². The molecular formula is C22H22IN3O2S. The van der Waals surface area contributed by atoms with E-state index >= 15 is 0 Å². The van der Waals surface area contributed by atoms with Crippen molar-refractivity contribution >= 4 is 58.6 Å². The molecule has 29 heavy (non-hydrogen) atoms. The van der Waals surface area contributed by atoms with Crippen LogP contribution in [0.5, 0.6) is 11.5 Å². The van der Waals surface area contributed by atoms with Gasteiger partial charge in [0.1, 0.15) is 15.1 Å². The van der Waals surface area contributed by atoms with Gasteiger partial charge >= 0.3 is 0 Å². The Balaban J connectivity index is 1.63. The number of nitrogens with zero attached hydrogens (tertiary/aromatic N) is 2. The highest BCUT2D eigenvalue weighted by atomic mass is 127. The maximum atomic E-state index is 10.6. The number of halogens is 1. The first-order valence-electron chi connectivity index (χ1n) is 9.59. The number of benzene rings is 2. The number of phenols is 2. The fourth-order valence-corrected chi connectivity index (χ4v) is 6.85. The number of nitrogens with one attached hydrogen (secondary N) is 1. The SMILES string of the molecule is Cc1c(C)n(C)c2ccc(N3C(=S)NI=C3c3cc(C4CC4)c(O)cc3O)cc12. The number of fused-ring (bicyclic) bond motifs is 1. The van der Waals surface area contributed by atoms with Gasteiger partial charge in [-0.1, -0.05) is 0 Å². The number of aromatic nitrogens is 1. The average Bonchev–Trinajstić information content (AvgIpc) is 3.43. The molecule has 0 spiro atoms. The lowest BCUT2D eigenvalue weighted by atomic mass is 10.0. The van der Waals surface area contributed by atoms with Gasteiger partial charge in [0.25, 0.3) is 0 Å². The molecule has 1 fully saturated rings. The number of thiocarbonyl (C=S) groups is 1. The lowest BCUT2D eigenvalue weighted by molar-refractivity contribution is 0.445. The molecule has 0 amide bonds. The molecule has 0 saturated heterocycles. The first-order chi connectivity index (χ1) is 13.9. The van der Waals surface area contributed by atoms with Gasteiger partial charge in [-0.2, -0.15) is 0 Å². The van der Waals surface area contributed by atoms with Gasteiger partial charge in [-0.05, 0) is 80.2 Å². The van der Waals surface area contributed by atoms with Crippen LogP contribution < -0.4 is 8.43 Å².